The van der Waals surface area contributed by atoms with E-state index in [1.54, 1.807) is 0 Å². The Hall–Kier alpha value is -3.26. The molecule has 0 spiro atoms. The van der Waals surface area contributed by atoms with Gasteiger partial charge in [0.1, 0.15) is 12.6 Å². The average Bonchev–Trinajstić information content (AvgIpc) is 2.67. The van der Waals surface area contributed by atoms with E-state index in [1.165, 1.54) is 10.8 Å². The highest BCUT2D eigenvalue weighted by molar-refractivity contribution is 5.89. The molecule has 0 heterocycles. The van der Waals surface area contributed by atoms with Crippen LogP contribution in [0, 0.1) is 0 Å². The summed E-state index contributed by atoms with van der Waals surface area (Å²) in [5.74, 6) is 0. The zero-order valence-corrected chi connectivity index (χ0v) is 13.1. The Labute approximate surface area is 140 Å². The van der Waals surface area contributed by atoms with Crippen LogP contribution >= 0.6 is 0 Å². The lowest BCUT2D eigenvalue weighted by molar-refractivity contribution is 0.111. The molecule has 4 aromatic rings. The van der Waals surface area contributed by atoms with E-state index in [-0.39, 0.29) is 0 Å². The first kappa shape index (κ1) is 15.6. The molecule has 0 aliphatic rings. The summed E-state index contributed by atoms with van der Waals surface area (Å²) in [6, 6.07) is 27.3. The minimum atomic E-state index is 0.730. The molecule has 0 saturated carbocycles. The summed E-state index contributed by atoms with van der Waals surface area (Å²) in [6.07, 6.45) is 1.74. The van der Waals surface area contributed by atoms with Crippen molar-refractivity contribution >= 4 is 34.1 Å². The van der Waals surface area contributed by atoms with Crippen molar-refractivity contribution in [3.63, 3.8) is 0 Å². The van der Waals surface area contributed by atoms with Crippen molar-refractivity contribution in [3.8, 4) is 0 Å². The first-order chi connectivity index (χ1) is 11.8. The summed E-state index contributed by atoms with van der Waals surface area (Å²) in [7, 11) is 0. The van der Waals surface area contributed by atoms with Crippen LogP contribution in [0.1, 0.15) is 20.7 Å². The molecular weight excluding hydrogens is 296 g/mol. The second kappa shape index (κ2) is 7.34. The minimum absolute atomic E-state index is 0.730. The highest BCUT2D eigenvalue weighted by Crippen LogP contribution is 2.15. The van der Waals surface area contributed by atoms with Gasteiger partial charge >= 0.3 is 0 Å². The molecule has 0 fully saturated rings. The highest BCUT2D eigenvalue weighted by atomic mass is 16.1. The normalized spacial score (nSPS) is 10.0. The number of aldehydes is 2. The predicted molar refractivity (Wildman–Crippen MR) is 98.7 cm³/mol. The second-order valence-corrected chi connectivity index (χ2v) is 5.45. The lowest BCUT2D eigenvalue weighted by Gasteiger charge is -1.96. The molecule has 0 bridgehead atoms. The van der Waals surface area contributed by atoms with Gasteiger partial charge in [-0.05, 0) is 33.7 Å². The Morgan fingerprint density at radius 1 is 0.458 bits per heavy atom. The van der Waals surface area contributed by atoms with Gasteiger partial charge in [0.15, 0.2) is 0 Å². The monoisotopic (exact) mass is 312 g/mol. The maximum absolute atomic E-state index is 10.5. The summed E-state index contributed by atoms with van der Waals surface area (Å²) < 4.78 is 0. The maximum Gasteiger partial charge on any atom is 0.150 e. The summed E-state index contributed by atoms with van der Waals surface area (Å²) in [6.45, 7) is 0. The van der Waals surface area contributed by atoms with Gasteiger partial charge in [-0.2, -0.15) is 0 Å². The number of carbonyl (C=O) groups is 2. The van der Waals surface area contributed by atoms with E-state index >= 15 is 0 Å². The molecule has 0 atom stereocenters. The zero-order chi connectivity index (χ0) is 16.8. The topological polar surface area (TPSA) is 34.1 Å². The average molecular weight is 312 g/mol. The highest BCUT2D eigenvalue weighted by Gasteiger charge is 1.93. The van der Waals surface area contributed by atoms with Gasteiger partial charge in [-0.1, -0.05) is 72.8 Å². The van der Waals surface area contributed by atoms with Crippen molar-refractivity contribution < 1.29 is 9.59 Å². The van der Waals surface area contributed by atoms with Crippen molar-refractivity contribution in [2.45, 2.75) is 0 Å². The minimum Gasteiger partial charge on any atom is -0.298 e. The summed E-state index contributed by atoms with van der Waals surface area (Å²) in [5.41, 5.74) is 1.46. The molecule has 0 aliphatic carbocycles. The first-order valence-electron chi connectivity index (χ1n) is 7.68. The van der Waals surface area contributed by atoms with E-state index in [9.17, 15) is 9.59 Å². The predicted octanol–water partition coefficient (Wildman–Crippen LogP) is 5.30. The fourth-order valence-electron chi connectivity index (χ4n) is 2.56. The maximum atomic E-state index is 10.5. The third-order valence-electron chi connectivity index (χ3n) is 3.82. The molecule has 0 radical (unpaired) electrons. The quantitative estimate of drug-likeness (QED) is 0.470. The fourth-order valence-corrected chi connectivity index (χ4v) is 2.56. The molecule has 2 heteroatoms. The third kappa shape index (κ3) is 3.55. The molecule has 0 unspecified atom stereocenters. The number of hydrogen-bond donors (Lipinski definition) is 0. The molecule has 0 saturated heterocycles. The van der Waals surface area contributed by atoms with Crippen molar-refractivity contribution in [1.29, 1.82) is 0 Å². The number of fused-ring (bicyclic) bond motifs is 2. The number of hydrogen-bond acceptors (Lipinski definition) is 2. The van der Waals surface area contributed by atoms with E-state index in [0.29, 0.717) is 0 Å². The fraction of sp³-hybridized carbons (Fsp3) is 0. The number of benzene rings is 4. The summed E-state index contributed by atoms with van der Waals surface area (Å²) in [4.78, 5) is 20.9. The summed E-state index contributed by atoms with van der Waals surface area (Å²) >= 11 is 0. The lowest BCUT2D eigenvalue weighted by atomic mass is 10.1. The molecule has 116 valence electrons. The molecule has 0 aliphatic heterocycles. The van der Waals surface area contributed by atoms with Crippen LogP contribution in [-0.2, 0) is 0 Å². The summed E-state index contributed by atoms with van der Waals surface area (Å²) in [5, 5.41) is 4.57. The van der Waals surface area contributed by atoms with Gasteiger partial charge in [-0.3, -0.25) is 9.59 Å². The van der Waals surface area contributed by atoms with Crippen LogP contribution in [-0.4, -0.2) is 12.6 Å². The van der Waals surface area contributed by atoms with Gasteiger partial charge in [0.25, 0.3) is 0 Å². The SMILES string of the molecule is O=Cc1ccc2ccccc2c1.O=Cc1ccc2ccccc2c1. The van der Waals surface area contributed by atoms with Gasteiger partial charge in [0.05, 0.1) is 0 Å². The molecule has 0 aromatic heterocycles. The van der Waals surface area contributed by atoms with Gasteiger partial charge < -0.3 is 0 Å². The van der Waals surface area contributed by atoms with E-state index in [1.807, 2.05) is 84.9 Å². The van der Waals surface area contributed by atoms with Crippen LogP contribution in [0.2, 0.25) is 0 Å². The third-order valence-corrected chi connectivity index (χ3v) is 3.82. The van der Waals surface area contributed by atoms with Crippen molar-refractivity contribution in [2.24, 2.45) is 0 Å². The molecular formula is C22H16O2. The van der Waals surface area contributed by atoms with Crippen LogP contribution in [0.4, 0.5) is 0 Å². The second-order valence-electron chi connectivity index (χ2n) is 5.45. The van der Waals surface area contributed by atoms with Crippen LogP contribution < -0.4 is 0 Å². The Morgan fingerprint density at radius 2 is 0.833 bits per heavy atom. The zero-order valence-electron chi connectivity index (χ0n) is 13.1. The lowest BCUT2D eigenvalue weighted by Crippen LogP contribution is -1.78. The van der Waals surface area contributed by atoms with Crippen molar-refractivity contribution in [2.75, 3.05) is 0 Å². The Morgan fingerprint density at radius 3 is 1.21 bits per heavy atom. The van der Waals surface area contributed by atoms with E-state index in [2.05, 4.69) is 0 Å². The molecule has 4 rings (SSSR count). The van der Waals surface area contributed by atoms with Gasteiger partial charge in [-0.15, -0.1) is 0 Å². The van der Waals surface area contributed by atoms with Gasteiger partial charge in [0, 0.05) is 11.1 Å². The molecule has 4 aromatic carbocycles. The van der Waals surface area contributed by atoms with Crippen molar-refractivity contribution in [1.82, 2.24) is 0 Å². The van der Waals surface area contributed by atoms with E-state index in [0.717, 1.165) is 34.5 Å². The number of carbonyl (C=O) groups excluding carboxylic acids is 2. The van der Waals surface area contributed by atoms with E-state index < -0.39 is 0 Å². The Kier molecular flexibility index (Phi) is 4.78. The standard InChI is InChI=1S/2C11H8O/c2*12-8-9-5-6-10-3-1-2-4-11(10)7-9/h2*1-8H. The molecule has 0 N–H and O–H groups in total. The number of rotatable bonds is 2. The first-order valence-corrected chi connectivity index (χ1v) is 7.68. The van der Waals surface area contributed by atoms with Crippen LogP contribution in [0.15, 0.2) is 84.9 Å². The largest absolute Gasteiger partial charge is 0.298 e. The van der Waals surface area contributed by atoms with Crippen molar-refractivity contribution in [3.05, 3.63) is 96.1 Å². The van der Waals surface area contributed by atoms with Crippen LogP contribution in [0.5, 0.6) is 0 Å². The molecule has 0 amide bonds. The Bertz CT molecular complexity index is 919. The smallest absolute Gasteiger partial charge is 0.150 e. The Balaban J connectivity index is 0.000000141. The van der Waals surface area contributed by atoms with Gasteiger partial charge in [0.2, 0.25) is 0 Å². The van der Waals surface area contributed by atoms with E-state index in [4.69, 9.17) is 0 Å². The molecule has 24 heavy (non-hydrogen) atoms. The van der Waals surface area contributed by atoms with Crippen LogP contribution in [0.3, 0.4) is 0 Å². The van der Waals surface area contributed by atoms with Gasteiger partial charge in [-0.25, -0.2) is 0 Å². The van der Waals surface area contributed by atoms with Crippen LogP contribution in [0.25, 0.3) is 21.5 Å². The molecule has 2 nitrogen and oxygen atoms in total.